The highest BCUT2D eigenvalue weighted by Crippen LogP contribution is 2.27. The van der Waals surface area contributed by atoms with Crippen LogP contribution in [-0.4, -0.2) is 55.2 Å². The number of aliphatic hydroxyl groups is 1. The molecular weight excluding hydrogens is 507 g/mol. The molecule has 0 aliphatic carbocycles. The van der Waals surface area contributed by atoms with Crippen LogP contribution in [0.1, 0.15) is 41.3 Å². The molecule has 1 aliphatic heterocycles. The van der Waals surface area contributed by atoms with Crippen molar-refractivity contribution in [3.05, 3.63) is 101 Å². The van der Waals surface area contributed by atoms with Crippen LogP contribution in [0.3, 0.4) is 0 Å². The van der Waals surface area contributed by atoms with Gasteiger partial charge >= 0.3 is 0 Å². The van der Waals surface area contributed by atoms with Gasteiger partial charge in [0.25, 0.3) is 5.91 Å². The van der Waals surface area contributed by atoms with Gasteiger partial charge < -0.3 is 26.0 Å². The average molecular weight is 545 g/mol. The van der Waals surface area contributed by atoms with Crippen molar-refractivity contribution >= 4 is 29.3 Å². The smallest absolute Gasteiger partial charge is 0.251 e. The highest BCUT2D eigenvalue weighted by Gasteiger charge is 2.25. The maximum atomic E-state index is 13.5. The second kappa shape index (κ2) is 14.4. The lowest BCUT2D eigenvalue weighted by Gasteiger charge is -2.25. The van der Waals surface area contributed by atoms with Crippen LogP contribution in [0.25, 0.3) is 6.08 Å². The van der Waals surface area contributed by atoms with Crippen molar-refractivity contribution in [3.63, 3.8) is 0 Å². The van der Waals surface area contributed by atoms with Crippen molar-refractivity contribution in [2.24, 2.45) is 0 Å². The SMILES string of the molecule is CCNc1cc(C(=O)N[C@@H](Cc2ccccc2)[C@@H](O)CNC/C=C/c2ccc(F)cc2)cc(N2CCCC2=O)c1. The topological polar surface area (TPSA) is 93.7 Å². The molecule has 3 aromatic carbocycles. The van der Waals surface area contributed by atoms with Gasteiger partial charge in [0.1, 0.15) is 5.82 Å². The molecular formula is C32H37FN4O3. The van der Waals surface area contributed by atoms with Crippen molar-refractivity contribution in [1.82, 2.24) is 10.6 Å². The molecule has 0 aromatic heterocycles. The Hall–Kier alpha value is -4.01. The maximum Gasteiger partial charge on any atom is 0.251 e. The number of nitrogens with zero attached hydrogens (tertiary/aromatic N) is 1. The number of amides is 2. The van der Waals surface area contributed by atoms with E-state index in [0.717, 1.165) is 23.2 Å². The summed E-state index contributed by atoms with van der Waals surface area (Å²) in [6.07, 6.45) is 4.67. The van der Waals surface area contributed by atoms with Gasteiger partial charge in [0.15, 0.2) is 0 Å². The second-order valence-electron chi connectivity index (χ2n) is 9.90. The molecule has 1 aliphatic rings. The summed E-state index contributed by atoms with van der Waals surface area (Å²) in [5, 5.41) is 20.6. The summed E-state index contributed by atoms with van der Waals surface area (Å²) in [6, 6.07) is 20.8. The fraction of sp³-hybridized carbons (Fsp3) is 0.312. The van der Waals surface area contributed by atoms with Crippen LogP contribution >= 0.6 is 0 Å². The van der Waals surface area contributed by atoms with Crippen molar-refractivity contribution in [1.29, 1.82) is 0 Å². The van der Waals surface area contributed by atoms with E-state index in [1.165, 1.54) is 12.1 Å². The Morgan fingerprint density at radius 3 is 2.58 bits per heavy atom. The zero-order valence-corrected chi connectivity index (χ0v) is 22.8. The van der Waals surface area contributed by atoms with Crippen molar-refractivity contribution in [3.8, 4) is 0 Å². The Bertz CT molecular complexity index is 1300. The molecule has 0 spiro atoms. The summed E-state index contributed by atoms with van der Waals surface area (Å²) in [4.78, 5) is 27.6. The molecule has 0 saturated carbocycles. The number of anilines is 2. The number of aliphatic hydroxyl groups excluding tert-OH is 1. The normalized spacial score (nSPS) is 14.9. The third-order valence-electron chi connectivity index (χ3n) is 6.82. The molecule has 40 heavy (non-hydrogen) atoms. The summed E-state index contributed by atoms with van der Waals surface area (Å²) < 4.78 is 13.1. The molecule has 0 radical (unpaired) electrons. The second-order valence-corrected chi connectivity index (χ2v) is 9.90. The lowest BCUT2D eigenvalue weighted by Crippen LogP contribution is -2.48. The molecule has 7 nitrogen and oxygen atoms in total. The lowest BCUT2D eigenvalue weighted by molar-refractivity contribution is -0.117. The molecule has 1 heterocycles. The van der Waals surface area contributed by atoms with Crippen LogP contribution in [0.2, 0.25) is 0 Å². The largest absolute Gasteiger partial charge is 0.390 e. The van der Waals surface area contributed by atoms with E-state index in [-0.39, 0.29) is 24.2 Å². The van der Waals surface area contributed by atoms with E-state index < -0.39 is 12.1 Å². The van der Waals surface area contributed by atoms with Crippen molar-refractivity contribution in [2.45, 2.75) is 38.3 Å². The minimum Gasteiger partial charge on any atom is -0.390 e. The van der Waals surface area contributed by atoms with Crippen LogP contribution in [0.5, 0.6) is 0 Å². The molecule has 4 rings (SSSR count). The van der Waals surface area contributed by atoms with Crippen molar-refractivity contribution in [2.75, 3.05) is 36.4 Å². The van der Waals surface area contributed by atoms with Gasteiger partial charge in [0.2, 0.25) is 5.91 Å². The summed E-state index contributed by atoms with van der Waals surface area (Å²) in [5.41, 5.74) is 3.76. The van der Waals surface area contributed by atoms with Crippen LogP contribution < -0.4 is 20.9 Å². The fourth-order valence-corrected chi connectivity index (χ4v) is 4.75. The molecule has 2 atom stereocenters. The minimum absolute atomic E-state index is 0.0527. The van der Waals surface area contributed by atoms with Gasteiger partial charge in [0, 0.05) is 49.5 Å². The zero-order valence-electron chi connectivity index (χ0n) is 22.8. The molecule has 4 N–H and O–H groups in total. The van der Waals surface area contributed by atoms with Gasteiger partial charge in [-0.25, -0.2) is 4.39 Å². The van der Waals surface area contributed by atoms with Gasteiger partial charge in [-0.05, 0) is 61.2 Å². The van der Waals surface area contributed by atoms with Gasteiger partial charge in [0.05, 0.1) is 12.1 Å². The maximum absolute atomic E-state index is 13.5. The first-order valence-corrected chi connectivity index (χ1v) is 13.8. The average Bonchev–Trinajstić information content (AvgIpc) is 3.39. The van der Waals surface area contributed by atoms with Gasteiger partial charge in [-0.15, -0.1) is 0 Å². The third kappa shape index (κ3) is 8.24. The number of halogens is 1. The third-order valence-corrected chi connectivity index (χ3v) is 6.82. The van der Waals surface area contributed by atoms with E-state index >= 15 is 0 Å². The van der Waals surface area contributed by atoms with Gasteiger partial charge in [-0.3, -0.25) is 9.59 Å². The number of benzene rings is 3. The van der Waals surface area contributed by atoms with E-state index in [4.69, 9.17) is 0 Å². The Labute approximate surface area is 235 Å². The van der Waals surface area contributed by atoms with Crippen LogP contribution in [0.4, 0.5) is 15.8 Å². The van der Waals surface area contributed by atoms with E-state index in [1.807, 2.05) is 55.5 Å². The molecule has 1 fully saturated rings. The minimum atomic E-state index is -0.861. The number of hydrogen-bond donors (Lipinski definition) is 4. The molecule has 0 unspecified atom stereocenters. The van der Waals surface area contributed by atoms with Crippen LogP contribution in [0.15, 0.2) is 78.9 Å². The molecule has 210 valence electrons. The first-order chi connectivity index (χ1) is 19.4. The van der Waals surface area contributed by atoms with Crippen molar-refractivity contribution < 1.29 is 19.1 Å². The number of nitrogens with one attached hydrogen (secondary N) is 3. The molecule has 8 heteroatoms. The molecule has 1 saturated heterocycles. The number of carbonyl (C=O) groups is 2. The highest BCUT2D eigenvalue weighted by atomic mass is 19.1. The highest BCUT2D eigenvalue weighted by molar-refractivity contribution is 6.00. The Kier molecular flexibility index (Phi) is 10.4. The first kappa shape index (κ1) is 29.0. The Morgan fingerprint density at radius 1 is 1.10 bits per heavy atom. The Morgan fingerprint density at radius 2 is 1.88 bits per heavy atom. The van der Waals surface area contributed by atoms with E-state index in [2.05, 4.69) is 16.0 Å². The lowest BCUT2D eigenvalue weighted by atomic mass is 10.00. The molecule has 0 bridgehead atoms. The Balaban J connectivity index is 1.45. The molecule has 3 aromatic rings. The predicted molar refractivity (Wildman–Crippen MR) is 158 cm³/mol. The van der Waals surface area contributed by atoms with Crippen LogP contribution in [-0.2, 0) is 11.2 Å². The van der Waals surface area contributed by atoms with E-state index in [0.29, 0.717) is 43.7 Å². The number of hydrogen-bond acceptors (Lipinski definition) is 5. The first-order valence-electron chi connectivity index (χ1n) is 13.8. The van der Waals surface area contributed by atoms with E-state index in [1.54, 1.807) is 29.2 Å². The summed E-state index contributed by atoms with van der Waals surface area (Å²) in [6.45, 7) is 4.04. The summed E-state index contributed by atoms with van der Waals surface area (Å²) in [7, 11) is 0. The predicted octanol–water partition coefficient (Wildman–Crippen LogP) is 4.39. The summed E-state index contributed by atoms with van der Waals surface area (Å²) >= 11 is 0. The van der Waals surface area contributed by atoms with Gasteiger partial charge in [-0.1, -0.05) is 54.6 Å². The standard InChI is InChI=1S/C32H37FN4O3/c1-2-35-27-19-25(20-28(21-27)37-17-7-11-31(37)39)32(40)36-29(18-24-8-4-3-5-9-24)30(38)22-34-16-6-10-23-12-14-26(33)15-13-23/h3-6,8-10,12-15,19-21,29-30,34-35,38H,2,7,11,16-18,22H2,1H3,(H,36,40)/b10-6+/t29-,30-/m0/s1. The number of carbonyl (C=O) groups excluding carboxylic acids is 2. The van der Waals surface area contributed by atoms with E-state index in [9.17, 15) is 19.1 Å². The fourth-order valence-electron chi connectivity index (χ4n) is 4.75. The quantitative estimate of drug-likeness (QED) is 0.240. The monoisotopic (exact) mass is 544 g/mol. The van der Waals surface area contributed by atoms with Crippen LogP contribution in [0, 0.1) is 5.82 Å². The number of rotatable bonds is 13. The molecule has 2 amide bonds. The zero-order chi connectivity index (χ0) is 28.3. The van der Waals surface area contributed by atoms with Gasteiger partial charge in [-0.2, -0.15) is 0 Å². The summed E-state index contributed by atoms with van der Waals surface area (Å²) in [5.74, 6) is -0.542.